The second-order valence-corrected chi connectivity index (χ2v) is 5.68. The van der Waals surface area contributed by atoms with Crippen LogP contribution in [0, 0.1) is 0 Å². The van der Waals surface area contributed by atoms with E-state index in [-0.39, 0.29) is 0 Å². The third-order valence-corrected chi connectivity index (χ3v) is 3.87. The summed E-state index contributed by atoms with van der Waals surface area (Å²) >= 11 is 0. The van der Waals surface area contributed by atoms with Gasteiger partial charge in [-0.15, -0.1) is 0 Å². The van der Waals surface area contributed by atoms with E-state index in [0.717, 1.165) is 19.4 Å². The Labute approximate surface area is 118 Å². The van der Waals surface area contributed by atoms with E-state index >= 15 is 0 Å². The van der Waals surface area contributed by atoms with Crippen molar-refractivity contribution in [3.63, 3.8) is 0 Å². The summed E-state index contributed by atoms with van der Waals surface area (Å²) < 4.78 is 0. The molecular weight excluding hydrogens is 236 g/mol. The van der Waals surface area contributed by atoms with E-state index in [9.17, 15) is 0 Å². The van der Waals surface area contributed by atoms with E-state index in [4.69, 9.17) is 5.73 Å². The number of likely N-dealkylation sites (tertiary alicyclic amines) is 1. The minimum absolute atomic E-state index is 0.419. The summed E-state index contributed by atoms with van der Waals surface area (Å²) in [5.41, 5.74) is 5.81. The Hall–Kier alpha value is -0.770. The first kappa shape index (κ1) is 16.3. The Morgan fingerprint density at radius 1 is 1.21 bits per heavy atom. The topological polar surface area (TPSA) is 53.6 Å². The molecule has 3 N–H and O–H groups in total. The Kier molecular flexibility index (Phi) is 8.63. The summed E-state index contributed by atoms with van der Waals surface area (Å²) in [6.07, 6.45) is 8.99. The first-order valence-electron chi connectivity index (χ1n) is 8.01. The fourth-order valence-corrected chi connectivity index (χ4v) is 2.41. The van der Waals surface area contributed by atoms with Crippen molar-refractivity contribution in [1.82, 2.24) is 10.2 Å². The maximum Gasteiger partial charge on any atom is 0.188 e. The van der Waals surface area contributed by atoms with Gasteiger partial charge in [0, 0.05) is 12.6 Å². The van der Waals surface area contributed by atoms with Crippen LogP contribution in [0.25, 0.3) is 0 Å². The molecule has 1 aliphatic heterocycles. The average Bonchev–Trinajstić information content (AvgIpc) is 2.43. The van der Waals surface area contributed by atoms with E-state index in [0.29, 0.717) is 12.0 Å². The van der Waals surface area contributed by atoms with Gasteiger partial charge in [0.25, 0.3) is 0 Å². The van der Waals surface area contributed by atoms with Crippen LogP contribution in [0.15, 0.2) is 4.99 Å². The van der Waals surface area contributed by atoms with Crippen molar-refractivity contribution in [2.75, 3.05) is 26.2 Å². The van der Waals surface area contributed by atoms with Crippen molar-refractivity contribution >= 4 is 5.96 Å². The molecule has 1 rings (SSSR count). The molecule has 112 valence electrons. The molecule has 0 radical (unpaired) electrons. The highest BCUT2D eigenvalue weighted by Gasteiger charge is 2.08. The summed E-state index contributed by atoms with van der Waals surface area (Å²) in [5.74, 6) is 0.602. The van der Waals surface area contributed by atoms with Crippen molar-refractivity contribution in [1.29, 1.82) is 0 Å². The number of rotatable bonds is 8. The van der Waals surface area contributed by atoms with Crippen molar-refractivity contribution < 1.29 is 0 Å². The van der Waals surface area contributed by atoms with Crippen LogP contribution in [0.1, 0.15) is 58.8 Å². The van der Waals surface area contributed by atoms with Crippen molar-refractivity contribution in [2.45, 2.75) is 64.8 Å². The van der Waals surface area contributed by atoms with Gasteiger partial charge < -0.3 is 16.0 Å². The predicted molar refractivity (Wildman–Crippen MR) is 83.5 cm³/mol. The van der Waals surface area contributed by atoms with E-state index in [1.165, 1.54) is 51.7 Å². The minimum Gasteiger partial charge on any atom is -0.370 e. The lowest BCUT2D eigenvalue weighted by Gasteiger charge is -2.26. The average molecular weight is 268 g/mol. The summed E-state index contributed by atoms with van der Waals surface area (Å²) in [6.45, 7) is 9.01. The van der Waals surface area contributed by atoms with Crippen LogP contribution in [0.4, 0.5) is 0 Å². The zero-order chi connectivity index (χ0) is 13.9. The molecule has 1 heterocycles. The molecule has 0 aromatic heterocycles. The van der Waals surface area contributed by atoms with Crippen LogP contribution in [0.3, 0.4) is 0 Å². The van der Waals surface area contributed by atoms with Gasteiger partial charge in [0.2, 0.25) is 0 Å². The van der Waals surface area contributed by atoms with Gasteiger partial charge in [0.15, 0.2) is 5.96 Å². The number of nitrogens with one attached hydrogen (secondary N) is 1. The highest BCUT2D eigenvalue weighted by Crippen LogP contribution is 2.09. The van der Waals surface area contributed by atoms with Gasteiger partial charge >= 0.3 is 0 Å². The second-order valence-electron chi connectivity index (χ2n) is 5.68. The Morgan fingerprint density at radius 3 is 2.63 bits per heavy atom. The molecule has 1 aliphatic rings. The molecule has 0 saturated carbocycles. The van der Waals surface area contributed by atoms with Crippen molar-refractivity contribution in [3.05, 3.63) is 0 Å². The van der Waals surface area contributed by atoms with Gasteiger partial charge in [-0.05, 0) is 58.7 Å². The predicted octanol–water partition coefficient (Wildman–Crippen LogP) is 2.35. The molecule has 1 unspecified atom stereocenters. The fraction of sp³-hybridized carbons (Fsp3) is 0.933. The SMILES string of the molecule is CCC(C)NC(N)=NCCCCCN1CCCCC1. The Morgan fingerprint density at radius 2 is 1.95 bits per heavy atom. The fourth-order valence-electron chi connectivity index (χ4n) is 2.41. The number of unbranched alkanes of at least 4 members (excludes halogenated alkanes) is 2. The van der Waals surface area contributed by atoms with Crippen LogP contribution in [0.5, 0.6) is 0 Å². The molecule has 0 bridgehead atoms. The Balaban J connectivity index is 1.96. The van der Waals surface area contributed by atoms with Gasteiger partial charge in [0.1, 0.15) is 0 Å². The lowest BCUT2D eigenvalue weighted by Crippen LogP contribution is -2.38. The quantitative estimate of drug-likeness (QED) is 0.404. The third-order valence-electron chi connectivity index (χ3n) is 3.87. The number of hydrogen-bond acceptors (Lipinski definition) is 2. The van der Waals surface area contributed by atoms with Crippen LogP contribution < -0.4 is 11.1 Å². The highest BCUT2D eigenvalue weighted by atomic mass is 15.1. The maximum absolute atomic E-state index is 5.81. The van der Waals surface area contributed by atoms with E-state index in [1.807, 2.05) is 0 Å². The largest absolute Gasteiger partial charge is 0.370 e. The lowest BCUT2D eigenvalue weighted by molar-refractivity contribution is 0.224. The van der Waals surface area contributed by atoms with E-state index in [1.54, 1.807) is 0 Å². The van der Waals surface area contributed by atoms with Crippen LogP contribution in [-0.2, 0) is 0 Å². The van der Waals surface area contributed by atoms with E-state index < -0.39 is 0 Å². The summed E-state index contributed by atoms with van der Waals surface area (Å²) in [6, 6.07) is 0.419. The summed E-state index contributed by atoms with van der Waals surface area (Å²) in [4.78, 5) is 6.97. The molecule has 1 fully saturated rings. The zero-order valence-corrected chi connectivity index (χ0v) is 12.8. The standard InChI is InChI=1S/C15H32N4/c1-3-14(2)18-15(16)17-10-6-4-7-11-19-12-8-5-9-13-19/h14H,3-13H2,1-2H3,(H3,16,17,18). The molecule has 1 atom stereocenters. The van der Waals surface area contributed by atoms with Crippen molar-refractivity contribution in [2.24, 2.45) is 10.7 Å². The normalized spacial score (nSPS) is 19.4. The number of hydrogen-bond donors (Lipinski definition) is 2. The molecule has 1 saturated heterocycles. The molecule has 4 nitrogen and oxygen atoms in total. The molecule has 0 aliphatic carbocycles. The summed E-state index contributed by atoms with van der Waals surface area (Å²) in [7, 11) is 0. The zero-order valence-electron chi connectivity index (χ0n) is 12.8. The number of nitrogens with two attached hydrogens (primary N) is 1. The molecule has 4 heteroatoms. The first-order chi connectivity index (χ1) is 9.22. The van der Waals surface area contributed by atoms with E-state index in [2.05, 4.69) is 29.1 Å². The highest BCUT2D eigenvalue weighted by molar-refractivity contribution is 5.78. The number of piperidine rings is 1. The molecular formula is C15H32N4. The second kappa shape index (κ2) is 10.1. The van der Waals surface area contributed by atoms with Gasteiger partial charge in [-0.1, -0.05) is 19.8 Å². The van der Waals surface area contributed by atoms with Gasteiger partial charge in [-0.25, -0.2) is 0 Å². The van der Waals surface area contributed by atoms with Crippen LogP contribution in [-0.4, -0.2) is 43.1 Å². The maximum atomic E-state index is 5.81. The summed E-state index contributed by atoms with van der Waals surface area (Å²) in [5, 5.41) is 3.19. The van der Waals surface area contributed by atoms with Gasteiger partial charge in [-0.3, -0.25) is 4.99 Å². The van der Waals surface area contributed by atoms with Crippen LogP contribution in [0.2, 0.25) is 0 Å². The minimum atomic E-state index is 0.419. The van der Waals surface area contributed by atoms with Gasteiger partial charge in [0.05, 0.1) is 0 Å². The van der Waals surface area contributed by atoms with Crippen LogP contribution >= 0.6 is 0 Å². The number of guanidine groups is 1. The molecule has 19 heavy (non-hydrogen) atoms. The molecule has 0 aromatic rings. The number of aliphatic imine (C=N–C) groups is 1. The lowest BCUT2D eigenvalue weighted by atomic mass is 10.1. The van der Waals surface area contributed by atoms with Gasteiger partial charge in [-0.2, -0.15) is 0 Å². The monoisotopic (exact) mass is 268 g/mol. The van der Waals surface area contributed by atoms with Crippen molar-refractivity contribution in [3.8, 4) is 0 Å². The Bertz CT molecular complexity index is 247. The number of nitrogens with zero attached hydrogens (tertiary/aromatic N) is 2. The smallest absolute Gasteiger partial charge is 0.188 e. The third kappa shape index (κ3) is 8.09. The molecule has 0 aromatic carbocycles. The first-order valence-corrected chi connectivity index (χ1v) is 8.01. The molecule has 0 spiro atoms. The molecule has 0 amide bonds.